The molecule has 0 radical (unpaired) electrons. The molecule has 2 saturated heterocycles. The number of nitrogens with zero attached hydrogens (tertiary/aromatic N) is 4. The van der Waals surface area contributed by atoms with Crippen LogP contribution in [0.1, 0.15) is 35.4 Å². The number of hydrogen-bond acceptors (Lipinski definition) is 4. The minimum atomic E-state index is -4.39. The first-order valence-corrected chi connectivity index (χ1v) is 9.05. The lowest BCUT2D eigenvalue weighted by atomic mass is 10.0. The summed E-state index contributed by atoms with van der Waals surface area (Å²) in [6.45, 7) is 1.86. The van der Waals surface area contributed by atoms with Gasteiger partial charge in [-0.15, -0.1) is 0 Å². The minimum absolute atomic E-state index is 0.115. The molecular formula is C17H24F3N5O2. The summed E-state index contributed by atoms with van der Waals surface area (Å²) in [6, 6.07) is 1.01. The zero-order valence-corrected chi connectivity index (χ0v) is 15.4. The van der Waals surface area contributed by atoms with E-state index in [1.54, 1.807) is 17.8 Å². The number of halogens is 3. The summed E-state index contributed by atoms with van der Waals surface area (Å²) in [6.07, 6.45) is -2.46. The van der Waals surface area contributed by atoms with Crippen molar-refractivity contribution >= 4 is 11.8 Å². The zero-order chi connectivity index (χ0) is 19.8. The van der Waals surface area contributed by atoms with Crippen LogP contribution >= 0.6 is 0 Å². The molecule has 0 saturated carbocycles. The van der Waals surface area contributed by atoms with Gasteiger partial charge in [-0.2, -0.15) is 18.3 Å². The summed E-state index contributed by atoms with van der Waals surface area (Å²) >= 11 is 0. The van der Waals surface area contributed by atoms with Crippen LogP contribution in [0.15, 0.2) is 6.07 Å². The fraction of sp³-hybridized carbons (Fsp3) is 0.706. The molecule has 27 heavy (non-hydrogen) atoms. The highest BCUT2D eigenvalue weighted by Gasteiger charge is 2.42. The van der Waals surface area contributed by atoms with Gasteiger partial charge in [0.2, 0.25) is 5.91 Å². The standard InChI is InChI=1S/C17H24F3N5O2/c1-11-8-13(22-23(11)2)15(26)21-12-4-3-6-24(9-12)14-5-7-25(16(14)27)10-17(18,19)20/h8,12,14H,3-7,9-10H2,1-2H3,(H,21,26). The number of carbonyl (C=O) groups is 2. The van der Waals surface area contributed by atoms with E-state index in [0.29, 0.717) is 25.2 Å². The molecule has 3 heterocycles. The third-order valence-electron chi connectivity index (χ3n) is 5.21. The Morgan fingerprint density at radius 3 is 2.70 bits per heavy atom. The van der Waals surface area contributed by atoms with Crippen LogP contribution in [0.3, 0.4) is 0 Å². The molecule has 1 N–H and O–H groups in total. The van der Waals surface area contributed by atoms with Crippen molar-refractivity contribution in [1.82, 2.24) is 24.9 Å². The first-order chi connectivity index (χ1) is 12.6. The van der Waals surface area contributed by atoms with Crippen molar-refractivity contribution in [3.05, 3.63) is 17.5 Å². The second kappa shape index (κ2) is 7.49. The van der Waals surface area contributed by atoms with Gasteiger partial charge in [0.1, 0.15) is 12.2 Å². The lowest BCUT2D eigenvalue weighted by molar-refractivity contribution is -0.159. The Hall–Kier alpha value is -2.10. The molecule has 2 aliphatic rings. The second-order valence-electron chi connectivity index (χ2n) is 7.28. The maximum absolute atomic E-state index is 12.6. The molecule has 3 rings (SSSR count). The number of rotatable bonds is 4. The van der Waals surface area contributed by atoms with Crippen LogP contribution in [-0.2, 0) is 11.8 Å². The van der Waals surface area contributed by atoms with Gasteiger partial charge in [-0.1, -0.05) is 0 Å². The molecule has 0 aromatic carbocycles. The molecule has 0 spiro atoms. The Morgan fingerprint density at radius 2 is 2.07 bits per heavy atom. The van der Waals surface area contributed by atoms with Gasteiger partial charge < -0.3 is 10.2 Å². The molecule has 2 amide bonds. The van der Waals surface area contributed by atoms with Crippen LogP contribution in [-0.4, -0.2) is 75.8 Å². The maximum Gasteiger partial charge on any atom is 0.406 e. The van der Waals surface area contributed by atoms with Gasteiger partial charge in [0.25, 0.3) is 5.91 Å². The average Bonchev–Trinajstić information content (AvgIpc) is 3.10. The van der Waals surface area contributed by atoms with E-state index in [1.807, 2.05) is 11.8 Å². The molecule has 2 aliphatic heterocycles. The third-order valence-corrected chi connectivity index (χ3v) is 5.21. The molecule has 1 aromatic heterocycles. The molecule has 150 valence electrons. The van der Waals surface area contributed by atoms with Crippen molar-refractivity contribution in [2.24, 2.45) is 7.05 Å². The third kappa shape index (κ3) is 4.60. The smallest absolute Gasteiger partial charge is 0.347 e. The number of carbonyl (C=O) groups excluding carboxylic acids is 2. The fourth-order valence-electron chi connectivity index (χ4n) is 3.77. The SMILES string of the molecule is Cc1cc(C(=O)NC2CCCN(C3CCN(CC(F)(F)F)C3=O)C2)nn1C. The summed E-state index contributed by atoms with van der Waals surface area (Å²) in [5.41, 5.74) is 1.20. The average molecular weight is 387 g/mol. The summed E-state index contributed by atoms with van der Waals surface area (Å²) in [5.74, 6) is -0.748. The first kappa shape index (κ1) is 19.7. The predicted molar refractivity (Wildman–Crippen MR) is 91.0 cm³/mol. The summed E-state index contributed by atoms with van der Waals surface area (Å²) in [5, 5.41) is 7.08. The number of aromatic nitrogens is 2. The molecule has 7 nitrogen and oxygen atoms in total. The van der Waals surface area contributed by atoms with Gasteiger partial charge in [-0.25, -0.2) is 0 Å². The van der Waals surface area contributed by atoms with E-state index < -0.39 is 24.7 Å². The van der Waals surface area contributed by atoms with Gasteiger partial charge >= 0.3 is 6.18 Å². The van der Waals surface area contributed by atoms with Crippen molar-refractivity contribution in [2.75, 3.05) is 26.2 Å². The number of piperidine rings is 1. The van der Waals surface area contributed by atoms with Crippen LogP contribution in [0.5, 0.6) is 0 Å². The molecule has 1 aromatic rings. The van der Waals surface area contributed by atoms with Crippen molar-refractivity contribution in [1.29, 1.82) is 0 Å². The Morgan fingerprint density at radius 1 is 1.33 bits per heavy atom. The predicted octanol–water partition coefficient (Wildman–Crippen LogP) is 1.09. The van der Waals surface area contributed by atoms with E-state index in [-0.39, 0.29) is 18.5 Å². The fourth-order valence-corrected chi connectivity index (χ4v) is 3.77. The summed E-state index contributed by atoms with van der Waals surface area (Å²) in [7, 11) is 1.76. The van der Waals surface area contributed by atoms with Crippen LogP contribution in [0.4, 0.5) is 13.2 Å². The highest BCUT2D eigenvalue weighted by molar-refractivity contribution is 5.92. The van der Waals surface area contributed by atoms with Gasteiger partial charge in [0.05, 0.1) is 6.04 Å². The largest absolute Gasteiger partial charge is 0.406 e. The van der Waals surface area contributed by atoms with Crippen molar-refractivity contribution < 1.29 is 22.8 Å². The van der Waals surface area contributed by atoms with E-state index >= 15 is 0 Å². The van der Waals surface area contributed by atoms with Crippen LogP contribution in [0.2, 0.25) is 0 Å². The monoisotopic (exact) mass is 387 g/mol. The van der Waals surface area contributed by atoms with Crippen LogP contribution in [0, 0.1) is 6.92 Å². The Labute approximate surface area is 155 Å². The molecule has 0 bridgehead atoms. The molecule has 0 aliphatic carbocycles. The summed E-state index contributed by atoms with van der Waals surface area (Å²) < 4.78 is 39.4. The van der Waals surface area contributed by atoms with E-state index in [4.69, 9.17) is 0 Å². The Balaban J connectivity index is 1.58. The van der Waals surface area contributed by atoms with Gasteiger partial charge in [-0.3, -0.25) is 19.2 Å². The van der Waals surface area contributed by atoms with Gasteiger partial charge in [-0.05, 0) is 38.8 Å². The lowest BCUT2D eigenvalue weighted by Crippen LogP contribution is -2.53. The number of aryl methyl sites for hydroxylation is 2. The number of hydrogen-bond donors (Lipinski definition) is 1. The number of amides is 2. The molecular weight excluding hydrogens is 363 g/mol. The van der Waals surface area contributed by atoms with Crippen LogP contribution < -0.4 is 5.32 Å². The molecule has 2 fully saturated rings. The number of likely N-dealkylation sites (tertiary alicyclic amines) is 2. The van der Waals surface area contributed by atoms with E-state index in [9.17, 15) is 22.8 Å². The van der Waals surface area contributed by atoms with Crippen molar-refractivity contribution in [3.8, 4) is 0 Å². The molecule has 2 unspecified atom stereocenters. The van der Waals surface area contributed by atoms with E-state index in [1.165, 1.54) is 0 Å². The maximum atomic E-state index is 12.6. The molecule has 2 atom stereocenters. The highest BCUT2D eigenvalue weighted by Crippen LogP contribution is 2.25. The number of nitrogens with one attached hydrogen (secondary N) is 1. The van der Waals surface area contributed by atoms with E-state index in [2.05, 4.69) is 10.4 Å². The highest BCUT2D eigenvalue weighted by atomic mass is 19.4. The number of alkyl halides is 3. The normalized spacial score (nSPS) is 24.5. The Kier molecular flexibility index (Phi) is 5.45. The first-order valence-electron chi connectivity index (χ1n) is 9.05. The van der Waals surface area contributed by atoms with E-state index in [0.717, 1.165) is 23.4 Å². The topological polar surface area (TPSA) is 70.5 Å². The quantitative estimate of drug-likeness (QED) is 0.840. The lowest BCUT2D eigenvalue weighted by Gasteiger charge is -2.36. The Bertz CT molecular complexity index is 698. The van der Waals surface area contributed by atoms with Gasteiger partial charge in [0, 0.05) is 31.9 Å². The second-order valence-corrected chi connectivity index (χ2v) is 7.28. The van der Waals surface area contributed by atoms with Crippen molar-refractivity contribution in [3.63, 3.8) is 0 Å². The van der Waals surface area contributed by atoms with Crippen LogP contribution in [0.25, 0.3) is 0 Å². The molecule has 10 heteroatoms. The summed E-state index contributed by atoms with van der Waals surface area (Å²) in [4.78, 5) is 27.5. The van der Waals surface area contributed by atoms with Gasteiger partial charge in [0.15, 0.2) is 0 Å². The van der Waals surface area contributed by atoms with Crippen molar-refractivity contribution in [2.45, 2.75) is 44.4 Å². The minimum Gasteiger partial charge on any atom is -0.347 e. The zero-order valence-electron chi connectivity index (χ0n) is 15.4.